The highest BCUT2D eigenvalue weighted by molar-refractivity contribution is 4.84. The minimum absolute atomic E-state index is 0.303. The SMILES string of the molecule is CCCC1CCC(N)C(OCC2CC2)C1. The van der Waals surface area contributed by atoms with Crippen LogP contribution in [0.4, 0.5) is 0 Å². The third kappa shape index (κ3) is 3.46. The number of hydrogen-bond acceptors (Lipinski definition) is 2. The van der Waals surface area contributed by atoms with E-state index in [0.29, 0.717) is 12.1 Å². The third-order valence-electron chi connectivity index (χ3n) is 3.89. The zero-order valence-corrected chi connectivity index (χ0v) is 9.95. The van der Waals surface area contributed by atoms with Crippen molar-refractivity contribution >= 4 is 0 Å². The van der Waals surface area contributed by atoms with Gasteiger partial charge in [-0.25, -0.2) is 0 Å². The molecule has 0 heterocycles. The molecule has 0 bridgehead atoms. The number of nitrogens with two attached hydrogens (primary N) is 1. The van der Waals surface area contributed by atoms with Gasteiger partial charge in [0.05, 0.1) is 6.10 Å². The van der Waals surface area contributed by atoms with Crippen molar-refractivity contribution in [1.82, 2.24) is 0 Å². The molecular formula is C13H25NO. The summed E-state index contributed by atoms with van der Waals surface area (Å²) in [5.74, 6) is 1.74. The van der Waals surface area contributed by atoms with Crippen LogP contribution in [0.25, 0.3) is 0 Å². The Bertz CT molecular complexity index is 191. The Morgan fingerprint density at radius 2 is 1.87 bits per heavy atom. The highest BCUT2D eigenvalue weighted by atomic mass is 16.5. The summed E-state index contributed by atoms with van der Waals surface area (Å²) in [4.78, 5) is 0. The lowest BCUT2D eigenvalue weighted by Gasteiger charge is -2.34. The first-order valence-electron chi connectivity index (χ1n) is 6.66. The number of rotatable bonds is 5. The highest BCUT2D eigenvalue weighted by Gasteiger charge is 2.30. The van der Waals surface area contributed by atoms with Gasteiger partial charge in [0, 0.05) is 12.6 Å². The molecule has 0 amide bonds. The maximum absolute atomic E-state index is 6.12. The van der Waals surface area contributed by atoms with Gasteiger partial charge in [-0.15, -0.1) is 0 Å². The number of ether oxygens (including phenoxy) is 1. The molecule has 2 aliphatic rings. The quantitative estimate of drug-likeness (QED) is 0.759. The van der Waals surface area contributed by atoms with E-state index in [1.807, 2.05) is 0 Å². The topological polar surface area (TPSA) is 35.2 Å². The smallest absolute Gasteiger partial charge is 0.0728 e. The minimum atomic E-state index is 0.303. The van der Waals surface area contributed by atoms with Crippen molar-refractivity contribution in [2.24, 2.45) is 17.6 Å². The standard InChI is InChI=1S/C13H25NO/c1-2-3-10-6-7-12(14)13(8-10)15-9-11-4-5-11/h10-13H,2-9,14H2,1H3. The first-order chi connectivity index (χ1) is 7.29. The lowest BCUT2D eigenvalue weighted by Crippen LogP contribution is -2.42. The van der Waals surface area contributed by atoms with E-state index in [4.69, 9.17) is 10.5 Å². The Morgan fingerprint density at radius 1 is 1.13 bits per heavy atom. The average Bonchev–Trinajstić information content (AvgIpc) is 3.03. The van der Waals surface area contributed by atoms with E-state index in [-0.39, 0.29) is 0 Å². The Kier molecular flexibility index (Phi) is 4.04. The first kappa shape index (κ1) is 11.4. The zero-order valence-electron chi connectivity index (χ0n) is 9.95. The zero-order chi connectivity index (χ0) is 10.7. The first-order valence-corrected chi connectivity index (χ1v) is 6.66. The molecule has 2 aliphatic carbocycles. The molecule has 2 saturated carbocycles. The van der Waals surface area contributed by atoms with E-state index < -0.39 is 0 Å². The molecule has 0 saturated heterocycles. The van der Waals surface area contributed by atoms with Crippen molar-refractivity contribution in [1.29, 1.82) is 0 Å². The molecule has 2 heteroatoms. The summed E-state index contributed by atoms with van der Waals surface area (Å²) < 4.78 is 5.97. The van der Waals surface area contributed by atoms with Gasteiger partial charge in [-0.1, -0.05) is 19.8 Å². The third-order valence-corrected chi connectivity index (χ3v) is 3.89. The monoisotopic (exact) mass is 211 g/mol. The predicted molar refractivity (Wildman–Crippen MR) is 62.7 cm³/mol. The summed E-state index contributed by atoms with van der Waals surface area (Å²) in [6, 6.07) is 0.303. The van der Waals surface area contributed by atoms with Gasteiger partial charge in [-0.05, 0) is 43.9 Å². The lowest BCUT2D eigenvalue weighted by molar-refractivity contribution is -0.00656. The Balaban J connectivity index is 1.73. The van der Waals surface area contributed by atoms with E-state index in [9.17, 15) is 0 Å². The van der Waals surface area contributed by atoms with Crippen LogP contribution >= 0.6 is 0 Å². The second-order valence-corrected chi connectivity index (χ2v) is 5.45. The summed E-state index contributed by atoms with van der Waals surface area (Å²) in [7, 11) is 0. The second-order valence-electron chi connectivity index (χ2n) is 5.45. The molecule has 2 rings (SSSR count). The molecule has 2 fully saturated rings. The van der Waals surface area contributed by atoms with Crippen LogP contribution in [0.5, 0.6) is 0 Å². The highest BCUT2D eigenvalue weighted by Crippen LogP contribution is 2.33. The molecule has 15 heavy (non-hydrogen) atoms. The molecule has 2 nitrogen and oxygen atoms in total. The van der Waals surface area contributed by atoms with Gasteiger partial charge in [-0.2, -0.15) is 0 Å². The average molecular weight is 211 g/mol. The second kappa shape index (κ2) is 5.31. The van der Waals surface area contributed by atoms with E-state index in [1.165, 1.54) is 44.9 Å². The fourth-order valence-corrected chi connectivity index (χ4v) is 2.64. The summed E-state index contributed by atoms with van der Waals surface area (Å²) in [5, 5.41) is 0. The molecule has 0 radical (unpaired) electrons. The van der Waals surface area contributed by atoms with Crippen molar-refractivity contribution in [2.75, 3.05) is 6.61 Å². The van der Waals surface area contributed by atoms with E-state index in [1.54, 1.807) is 0 Å². The molecule has 0 spiro atoms. The Morgan fingerprint density at radius 3 is 2.53 bits per heavy atom. The van der Waals surface area contributed by atoms with Crippen LogP contribution in [-0.2, 0) is 4.74 Å². The fraction of sp³-hybridized carbons (Fsp3) is 1.00. The molecular weight excluding hydrogens is 186 g/mol. The van der Waals surface area contributed by atoms with E-state index >= 15 is 0 Å². The largest absolute Gasteiger partial charge is 0.376 e. The van der Waals surface area contributed by atoms with E-state index in [2.05, 4.69) is 6.92 Å². The number of hydrogen-bond donors (Lipinski definition) is 1. The summed E-state index contributed by atoms with van der Waals surface area (Å²) in [5.41, 5.74) is 6.12. The predicted octanol–water partition coefficient (Wildman–Crippen LogP) is 2.71. The summed E-state index contributed by atoms with van der Waals surface area (Å²) in [6.07, 6.45) is 9.46. The Hall–Kier alpha value is -0.0800. The van der Waals surface area contributed by atoms with Crippen molar-refractivity contribution in [3.63, 3.8) is 0 Å². The van der Waals surface area contributed by atoms with Crippen LogP contribution in [0.15, 0.2) is 0 Å². The van der Waals surface area contributed by atoms with Gasteiger partial charge in [0.2, 0.25) is 0 Å². The van der Waals surface area contributed by atoms with Gasteiger partial charge in [0.15, 0.2) is 0 Å². The van der Waals surface area contributed by atoms with Gasteiger partial charge in [0.25, 0.3) is 0 Å². The lowest BCUT2D eigenvalue weighted by atomic mass is 9.82. The molecule has 88 valence electrons. The molecule has 2 N–H and O–H groups in total. The van der Waals surface area contributed by atoms with Crippen LogP contribution in [0.1, 0.15) is 51.9 Å². The van der Waals surface area contributed by atoms with Gasteiger partial charge in [0.1, 0.15) is 0 Å². The maximum Gasteiger partial charge on any atom is 0.0728 e. The van der Waals surface area contributed by atoms with Gasteiger partial charge in [-0.3, -0.25) is 0 Å². The van der Waals surface area contributed by atoms with Crippen molar-refractivity contribution in [3.8, 4) is 0 Å². The fourth-order valence-electron chi connectivity index (χ4n) is 2.64. The minimum Gasteiger partial charge on any atom is -0.376 e. The normalized spacial score (nSPS) is 36.8. The van der Waals surface area contributed by atoms with Crippen molar-refractivity contribution in [3.05, 3.63) is 0 Å². The summed E-state index contributed by atoms with van der Waals surface area (Å²) >= 11 is 0. The molecule has 3 atom stereocenters. The van der Waals surface area contributed by atoms with Crippen LogP contribution in [0, 0.1) is 11.8 Å². The molecule has 0 aromatic carbocycles. The van der Waals surface area contributed by atoms with Crippen molar-refractivity contribution in [2.45, 2.75) is 64.0 Å². The molecule has 0 aromatic rings. The molecule has 3 unspecified atom stereocenters. The maximum atomic E-state index is 6.12. The van der Waals surface area contributed by atoms with Crippen molar-refractivity contribution < 1.29 is 4.74 Å². The van der Waals surface area contributed by atoms with Gasteiger partial charge >= 0.3 is 0 Å². The van der Waals surface area contributed by atoms with E-state index in [0.717, 1.165) is 18.4 Å². The van der Waals surface area contributed by atoms with Crippen LogP contribution < -0.4 is 5.73 Å². The van der Waals surface area contributed by atoms with Crippen LogP contribution in [-0.4, -0.2) is 18.8 Å². The molecule has 0 aliphatic heterocycles. The molecule has 0 aromatic heterocycles. The van der Waals surface area contributed by atoms with Crippen LogP contribution in [0.3, 0.4) is 0 Å². The summed E-state index contributed by atoms with van der Waals surface area (Å²) in [6.45, 7) is 3.24. The van der Waals surface area contributed by atoms with Crippen LogP contribution in [0.2, 0.25) is 0 Å². The van der Waals surface area contributed by atoms with Gasteiger partial charge < -0.3 is 10.5 Å². The Labute approximate surface area is 93.6 Å².